The van der Waals surface area contributed by atoms with Gasteiger partial charge in [0.1, 0.15) is 16.3 Å². The van der Waals surface area contributed by atoms with E-state index in [9.17, 15) is 19.8 Å². The zero-order valence-electron chi connectivity index (χ0n) is 18.4. The van der Waals surface area contributed by atoms with E-state index in [-0.39, 0.29) is 40.3 Å². The normalized spacial score (nSPS) is 20.3. The van der Waals surface area contributed by atoms with Crippen molar-refractivity contribution in [2.24, 2.45) is 5.92 Å². The van der Waals surface area contributed by atoms with Gasteiger partial charge in [0.2, 0.25) is 0 Å². The van der Waals surface area contributed by atoms with E-state index in [1.807, 2.05) is 0 Å². The van der Waals surface area contributed by atoms with Gasteiger partial charge in [-0.15, -0.1) is 11.3 Å². The first-order chi connectivity index (χ1) is 15.9. The topological polar surface area (TPSA) is 102 Å². The SMILES string of the molecule is CC1CCc2c(sc3nc(SCC(=O)c4ccc(O)cc4O)n(CC4CCCO4)c(=O)c23)C1. The number of phenols is 2. The van der Waals surface area contributed by atoms with Crippen LogP contribution in [0, 0.1) is 5.92 Å². The van der Waals surface area contributed by atoms with Crippen LogP contribution < -0.4 is 5.56 Å². The predicted molar refractivity (Wildman–Crippen MR) is 129 cm³/mol. The van der Waals surface area contributed by atoms with Crippen molar-refractivity contribution in [3.8, 4) is 11.5 Å². The molecule has 2 N–H and O–H groups in total. The average molecular weight is 487 g/mol. The van der Waals surface area contributed by atoms with Gasteiger partial charge >= 0.3 is 0 Å². The summed E-state index contributed by atoms with van der Waals surface area (Å²) in [7, 11) is 0. The van der Waals surface area contributed by atoms with Crippen LogP contribution in [-0.2, 0) is 24.1 Å². The van der Waals surface area contributed by atoms with Gasteiger partial charge in [-0.25, -0.2) is 4.98 Å². The van der Waals surface area contributed by atoms with Crippen LogP contribution in [0.3, 0.4) is 0 Å². The van der Waals surface area contributed by atoms with E-state index in [0.29, 0.717) is 24.2 Å². The second kappa shape index (κ2) is 9.12. The summed E-state index contributed by atoms with van der Waals surface area (Å²) >= 11 is 2.80. The summed E-state index contributed by atoms with van der Waals surface area (Å²) in [5.41, 5.74) is 1.23. The van der Waals surface area contributed by atoms with Crippen molar-refractivity contribution in [1.82, 2.24) is 9.55 Å². The summed E-state index contributed by atoms with van der Waals surface area (Å²) in [6.45, 7) is 3.35. The van der Waals surface area contributed by atoms with Crippen LogP contribution in [0.1, 0.15) is 47.0 Å². The van der Waals surface area contributed by atoms with Crippen molar-refractivity contribution >= 4 is 39.1 Å². The number of hydrogen-bond acceptors (Lipinski definition) is 8. The highest BCUT2D eigenvalue weighted by molar-refractivity contribution is 7.99. The number of benzene rings is 1. The Morgan fingerprint density at radius 1 is 1.33 bits per heavy atom. The monoisotopic (exact) mass is 486 g/mol. The van der Waals surface area contributed by atoms with E-state index in [1.165, 1.54) is 28.8 Å². The van der Waals surface area contributed by atoms with E-state index < -0.39 is 0 Å². The molecule has 1 fully saturated rings. The maximum atomic E-state index is 13.7. The maximum Gasteiger partial charge on any atom is 0.263 e. The minimum Gasteiger partial charge on any atom is -0.508 e. The summed E-state index contributed by atoms with van der Waals surface area (Å²) in [6, 6.07) is 3.91. The third-order valence-corrected chi connectivity index (χ3v) is 8.53. The molecule has 0 saturated carbocycles. The second-order valence-electron chi connectivity index (χ2n) is 8.89. The number of thioether (sulfide) groups is 1. The third kappa shape index (κ3) is 4.41. The molecule has 1 aromatic carbocycles. The Kier molecular flexibility index (Phi) is 6.20. The summed E-state index contributed by atoms with van der Waals surface area (Å²) in [4.78, 5) is 33.3. The predicted octanol–water partition coefficient (Wildman–Crippen LogP) is 4.15. The zero-order chi connectivity index (χ0) is 23.1. The molecule has 2 unspecified atom stereocenters. The average Bonchev–Trinajstić information content (AvgIpc) is 3.41. The highest BCUT2D eigenvalue weighted by Crippen LogP contribution is 2.37. The van der Waals surface area contributed by atoms with E-state index in [0.717, 1.165) is 54.0 Å². The number of phenolic OH excluding ortho intramolecular Hbond substituents is 2. The second-order valence-corrected chi connectivity index (χ2v) is 10.9. The number of thiophene rings is 1. The van der Waals surface area contributed by atoms with Crippen molar-refractivity contribution in [3.63, 3.8) is 0 Å². The number of fused-ring (bicyclic) bond motifs is 3. The number of ether oxygens (including phenoxy) is 1. The number of aromatic hydroxyl groups is 2. The summed E-state index contributed by atoms with van der Waals surface area (Å²) in [6.07, 6.45) is 4.79. The summed E-state index contributed by atoms with van der Waals surface area (Å²) < 4.78 is 7.47. The van der Waals surface area contributed by atoms with Crippen molar-refractivity contribution < 1.29 is 19.7 Å². The van der Waals surface area contributed by atoms with E-state index in [1.54, 1.807) is 15.9 Å². The van der Waals surface area contributed by atoms with Crippen LogP contribution in [0.4, 0.5) is 0 Å². The standard InChI is InChI=1S/C24H26N2O5S2/c1-13-4-6-17-20(9-13)33-22-21(17)23(30)26(11-15-3-2-8-31-15)24(25-22)32-12-19(29)16-7-5-14(27)10-18(16)28/h5,7,10,13,15,27-28H,2-4,6,8-9,11-12H2,1H3. The molecule has 7 nitrogen and oxygen atoms in total. The number of nitrogens with zero attached hydrogens (tertiary/aromatic N) is 2. The van der Waals surface area contributed by atoms with Crippen LogP contribution in [0.15, 0.2) is 28.2 Å². The Bertz CT molecular complexity index is 1280. The molecule has 33 heavy (non-hydrogen) atoms. The fourth-order valence-electron chi connectivity index (χ4n) is 4.63. The highest BCUT2D eigenvalue weighted by atomic mass is 32.2. The smallest absolute Gasteiger partial charge is 0.263 e. The first-order valence-corrected chi connectivity index (χ1v) is 13.1. The molecule has 1 aliphatic carbocycles. The number of carbonyl (C=O) groups is 1. The van der Waals surface area contributed by atoms with Crippen LogP contribution in [-0.4, -0.2) is 44.0 Å². The molecule has 2 aromatic heterocycles. The molecule has 1 aliphatic heterocycles. The molecule has 0 bridgehead atoms. The van der Waals surface area contributed by atoms with Gasteiger partial charge in [0.25, 0.3) is 5.56 Å². The fraction of sp³-hybridized carbons (Fsp3) is 0.458. The molecule has 0 amide bonds. The molecule has 174 valence electrons. The van der Waals surface area contributed by atoms with Gasteiger partial charge in [-0.3, -0.25) is 14.2 Å². The fourth-order valence-corrected chi connectivity index (χ4v) is 6.95. The molecule has 2 atom stereocenters. The molecule has 9 heteroatoms. The Hall–Kier alpha value is -2.36. The van der Waals surface area contributed by atoms with E-state index >= 15 is 0 Å². The van der Waals surface area contributed by atoms with Gasteiger partial charge < -0.3 is 14.9 Å². The lowest BCUT2D eigenvalue weighted by Gasteiger charge is -2.18. The highest BCUT2D eigenvalue weighted by Gasteiger charge is 2.27. The van der Waals surface area contributed by atoms with Crippen LogP contribution >= 0.6 is 23.1 Å². The lowest BCUT2D eigenvalue weighted by Crippen LogP contribution is -2.29. The minimum absolute atomic E-state index is 0.0178. The number of hydrogen-bond donors (Lipinski definition) is 2. The van der Waals surface area contributed by atoms with E-state index in [2.05, 4.69) is 6.92 Å². The summed E-state index contributed by atoms with van der Waals surface area (Å²) in [5.74, 6) is -0.0471. The largest absolute Gasteiger partial charge is 0.508 e. The van der Waals surface area contributed by atoms with Gasteiger partial charge in [-0.1, -0.05) is 18.7 Å². The number of carbonyl (C=O) groups excluding carboxylic acids is 1. The number of aromatic nitrogens is 2. The third-order valence-electron chi connectivity index (χ3n) is 6.40. The first kappa shape index (κ1) is 22.4. The van der Waals surface area contributed by atoms with Crippen LogP contribution in [0.2, 0.25) is 0 Å². The van der Waals surface area contributed by atoms with Gasteiger partial charge in [-0.05, 0) is 55.7 Å². The van der Waals surface area contributed by atoms with Gasteiger partial charge in [0, 0.05) is 17.6 Å². The van der Waals surface area contributed by atoms with Gasteiger partial charge in [0.05, 0.1) is 29.4 Å². The minimum atomic E-state index is -0.296. The number of Topliss-reactive ketones (excluding diaryl/α,β-unsaturated/α-hetero) is 1. The quantitative estimate of drug-likeness (QED) is 0.307. The zero-order valence-corrected chi connectivity index (χ0v) is 20.0. The lowest BCUT2D eigenvalue weighted by atomic mass is 9.89. The van der Waals surface area contributed by atoms with Gasteiger partial charge in [-0.2, -0.15) is 0 Å². The molecular formula is C24H26N2O5S2. The van der Waals surface area contributed by atoms with Crippen molar-refractivity contribution in [2.45, 2.75) is 56.8 Å². The molecule has 0 radical (unpaired) electrons. The molecule has 1 saturated heterocycles. The van der Waals surface area contributed by atoms with Crippen LogP contribution in [0.25, 0.3) is 10.2 Å². The molecule has 3 aromatic rings. The Labute approximate surface area is 199 Å². The number of ketones is 1. The molecule has 5 rings (SSSR count). The van der Waals surface area contributed by atoms with Crippen molar-refractivity contribution in [1.29, 1.82) is 0 Å². The molecular weight excluding hydrogens is 460 g/mol. The van der Waals surface area contributed by atoms with E-state index in [4.69, 9.17) is 9.72 Å². The first-order valence-electron chi connectivity index (χ1n) is 11.3. The summed E-state index contributed by atoms with van der Waals surface area (Å²) in [5, 5.41) is 20.7. The Morgan fingerprint density at radius 2 is 2.18 bits per heavy atom. The van der Waals surface area contributed by atoms with Crippen molar-refractivity contribution in [2.75, 3.05) is 12.4 Å². The lowest BCUT2D eigenvalue weighted by molar-refractivity contribution is 0.0937. The van der Waals surface area contributed by atoms with Crippen molar-refractivity contribution in [3.05, 3.63) is 44.6 Å². The van der Waals surface area contributed by atoms with Gasteiger partial charge in [0.15, 0.2) is 10.9 Å². The Balaban J connectivity index is 1.50. The molecule has 2 aliphatic rings. The molecule has 0 spiro atoms. The molecule has 3 heterocycles. The van der Waals surface area contributed by atoms with Crippen LogP contribution in [0.5, 0.6) is 11.5 Å². The Morgan fingerprint density at radius 3 is 2.94 bits per heavy atom. The maximum absolute atomic E-state index is 13.7. The number of aryl methyl sites for hydroxylation is 1. The number of rotatable bonds is 6.